The Bertz CT molecular complexity index is 616. The minimum Gasteiger partial charge on any atom is -0.494 e. The third kappa shape index (κ3) is 6.78. The van der Waals surface area contributed by atoms with Crippen molar-refractivity contribution in [2.24, 2.45) is 4.99 Å². The van der Waals surface area contributed by atoms with E-state index in [4.69, 9.17) is 9.84 Å². The van der Waals surface area contributed by atoms with E-state index in [1.807, 2.05) is 24.3 Å². The van der Waals surface area contributed by atoms with Crippen LogP contribution in [0.3, 0.4) is 0 Å². The van der Waals surface area contributed by atoms with Crippen LogP contribution in [0.25, 0.3) is 0 Å². The highest BCUT2D eigenvalue weighted by Gasteiger charge is 2.29. The quantitative estimate of drug-likeness (QED) is 0.618. The van der Waals surface area contributed by atoms with E-state index in [9.17, 15) is 9.59 Å². The summed E-state index contributed by atoms with van der Waals surface area (Å²) in [5.41, 5.74) is 0.772. The smallest absolute Gasteiger partial charge is 0.303 e. The van der Waals surface area contributed by atoms with Crippen LogP contribution >= 0.6 is 11.8 Å². The van der Waals surface area contributed by atoms with Gasteiger partial charge in [0.2, 0.25) is 5.91 Å². The van der Waals surface area contributed by atoms with Crippen molar-refractivity contribution in [3.8, 4) is 5.75 Å². The van der Waals surface area contributed by atoms with Gasteiger partial charge in [0.15, 0.2) is 5.17 Å². The maximum absolute atomic E-state index is 12.0. The predicted octanol–water partition coefficient (Wildman–Crippen LogP) is 3.73. The highest BCUT2D eigenvalue weighted by molar-refractivity contribution is 8.15. The van der Waals surface area contributed by atoms with E-state index >= 15 is 0 Å². The fourth-order valence-electron chi connectivity index (χ4n) is 2.38. The second kappa shape index (κ2) is 10.1. The molecule has 1 aliphatic rings. The number of amides is 1. The molecule has 6 nitrogen and oxygen atoms in total. The summed E-state index contributed by atoms with van der Waals surface area (Å²) in [6.45, 7) is 2.75. The Hall–Kier alpha value is -2.02. The fraction of sp³-hybridized carbons (Fsp3) is 0.500. The van der Waals surface area contributed by atoms with Gasteiger partial charge in [-0.05, 0) is 43.5 Å². The molecular formula is C18H24N2O4S. The van der Waals surface area contributed by atoms with Gasteiger partial charge in [-0.3, -0.25) is 9.59 Å². The molecule has 1 aromatic carbocycles. The van der Waals surface area contributed by atoms with E-state index in [1.165, 1.54) is 11.8 Å². The van der Waals surface area contributed by atoms with Gasteiger partial charge < -0.3 is 15.2 Å². The highest BCUT2D eigenvalue weighted by Crippen LogP contribution is 2.27. The molecule has 0 spiro atoms. The van der Waals surface area contributed by atoms with Crippen LogP contribution in [0.4, 0.5) is 5.69 Å². The number of ether oxygens (including phenoxy) is 1. The summed E-state index contributed by atoms with van der Waals surface area (Å²) in [7, 11) is 0. The fourth-order valence-corrected chi connectivity index (χ4v) is 3.42. The van der Waals surface area contributed by atoms with E-state index in [-0.39, 0.29) is 17.6 Å². The normalized spacial score (nSPS) is 18.4. The molecular weight excluding hydrogens is 340 g/mol. The lowest BCUT2D eigenvalue weighted by atomic mass is 10.1. The van der Waals surface area contributed by atoms with E-state index in [0.717, 1.165) is 37.1 Å². The molecule has 0 saturated carbocycles. The van der Waals surface area contributed by atoms with Crippen molar-refractivity contribution in [2.45, 2.75) is 50.7 Å². The monoisotopic (exact) mass is 364 g/mol. The number of aliphatic imine (C=N–C) groups is 1. The predicted molar refractivity (Wildman–Crippen MR) is 99.6 cm³/mol. The average Bonchev–Trinajstić information content (AvgIpc) is 2.93. The Balaban J connectivity index is 1.80. The van der Waals surface area contributed by atoms with Gasteiger partial charge in [-0.2, -0.15) is 0 Å². The van der Waals surface area contributed by atoms with Gasteiger partial charge >= 0.3 is 5.97 Å². The van der Waals surface area contributed by atoms with Gasteiger partial charge in [-0.25, -0.2) is 4.99 Å². The zero-order valence-corrected chi connectivity index (χ0v) is 15.2. The molecule has 1 heterocycles. The molecule has 0 bridgehead atoms. The van der Waals surface area contributed by atoms with Crippen LogP contribution < -0.4 is 10.1 Å². The van der Waals surface area contributed by atoms with Crippen molar-refractivity contribution in [2.75, 3.05) is 6.61 Å². The van der Waals surface area contributed by atoms with Gasteiger partial charge in [-0.15, -0.1) is 0 Å². The van der Waals surface area contributed by atoms with Gasteiger partial charge in [0.1, 0.15) is 5.75 Å². The topological polar surface area (TPSA) is 88.0 Å². The number of aliphatic carboxylic acids is 1. The van der Waals surface area contributed by atoms with Crippen LogP contribution in [0.15, 0.2) is 29.3 Å². The number of carbonyl (C=O) groups excluding carboxylic acids is 1. The number of thioether (sulfide) groups is 1. The number of rotatable bonds is 10. The number of carboxylic acid groups (broad SMARTS) is 1. The lowest BCUT2D eigenvalue weighted by molar-refractivity contribution is -0.137. The Morgan fingerprint density at radius 1 is 1.28 bits per heavy atom. The van der Waals surface area contributed by atoms with Crippen molar-refractivity contribution in [1.29, 1.82) is 0 Å². The van der Waals surface area contributed by atoms with Crippen LogP contribution in [0.5, 0.6) is 5.75 Å². The second-order valence-corrected chi connectivity index (χ2v) is 7.04. The van der Waals surface area contributed by atoms with E-state index in [2.05, 4.69) is 17.2 Å². The standard InChI is InChI=1S/C18H24N2O4S/c1-2-12-24-14-10-8-13(9-11-14)19-18-20-17(23)15(25-18)6-4-3-5-7-16(21)22/h8-11,15H,2-7,12H2,1H3,(H,21,22)(H,19,20,23). The summed E-state index contributed by atoms with van der Waals surface area (Å²) in [6.07, 6.45) is 4.21. The van der Waals surface area contributed by atoms with Gasteiger partial charge in [-0.1, -0.05) is 31.5 Å². The van der Waals surface area contributed by atoms with Gasteiger partial charge in [0.05, 0.1) is 17.5 Å². The first-order valence-corrected chi connectivity index (χ1v) is 9.47. The molecule has 1 unspecified atom stereocenters. The van der Waals surface area contributed by atoms with Crippen molar-refractivity contribution in [3.05, 3.63) is 24.3 Å². The average molecular weight is 364 g/mol. The van der Waals surface area contributed by atoms with E-state index < -0.39 is 5.97 Å². The number of unbranched alkanes of at least 4 members (excludes halogenated alkanes) is 2. The minimum atomic E-state index is -0.770. The number of carboxylic acids is 1. The molecule has 1 fully saturated rings. The van der Waals surface area contributed by atoms with Gasteiger partial charge in [0, 0.05) is 6.42 Å². The van der Waals surface area contributed by atoms with E-state index in [0.29, 0.717) is 18.2 Å². The van der Waals surface area contributed by atoms with Crippen LogP contribution in [-0.4, -0.2) is 34.0 Å². The summed E-state index contributed by atoms with van der Waals surface area (Å²) >= 11 is 1.44. The third-order valence-electron chi connectivity index (χ3n) is 3.67. The molecule has 1 aromatic rings. The molecule has 136 valence electrons. The highest BCUT2D eigenvalue weighted by atomic mass is 32.2. The minimum absolute atomic E-state index is 0.0233. The van der Waals surface area contributed by atoms with Crippen molar-refractivity contribution >= 4 is 34.5 Å². The molecule has 0 radical (unpaired) electrons. The Morgan fingerprint density at radius 2 is 2.04 bits per heavy atom. The molecule has 0 aliphatic carbocycles. The first kappa shape index (κ1) is 19.3. The summed E-state index contributed by atoms with van der Waals surface area (Å²) in [4.78, 5) is 26.9. The summed E-state index contributed by atoms with van der Waals surface area (Å²) in [5.74, 6) is 0.0200. The molecule has 1 saturated heterocycles. The van der Waals surface area contributed by atoms with Crippen LogP contribution in [0, 0.1) is 0 Å². The summed E-state index contributed by atoms with van der Waals surface area (Å²) in [6, 6.07) is 7.47. The number of nitrogens with one attached hydrogen (secondary N) is 1. The number of nitrogens with zero attached hydrogens (tertiary/aromatic N) is 1. The molecule has 1 atom stereocenters. The zero-order chi connectivity index (χ0) is 18.1. The van der Waals surface area contributed by atoms with E-state index in [1.54, 1.807) is 0 Å². The first-order valence-electron chi connectivity index (χ1n) is 8.59. The van der Waals surface area contributed by atoms with Crippen LogP contribution in [0.2, 0.25) is 0 Å². The first-order chi connectivity index (χ1) is 12.1. The maximum atomic E-state index is 12.0. The molecule has 2 N–H and O–H groups in total. The van der Waals surface area contributed by atoms with Gasteiger partial charge in [0.25, 0.3) is 0 Å². The molecule has 2 rings (SSSR count). The lowest BCUT2D eigenvalue weighted by Crippen LogP contribution is -2.24. The van der Waals surface area contributed by atoms with Crippen LogP contribution in [0.1, 0.15) is 45.4 Å². The summed E-state index contributed by atoms with van der Waals surface area (Å²) in [5, 5.41) is 11.9. The zero-order valence-electron chi connectivity index (χ0n) is 14.4. The maximum Gasteiger partial charge on any atom is 0.303 e. The third-order valence-corrected chi connectivity index (χ3v) is 4.82. The summed E-state index contributed by atoms with van der Waals surface area (Å²) < 4.78 is 5.53. The largest absolute Gasteiger partial charge is 0.494 e. The van der Waals surface area contributed by atoms with Crippen molar-refractivity contribution in [1.82, 2.24) is 5.32 Å². The molecule has 1 amide bonds. The second-order valence-electron chi connectivity index (χ2n) is 5.85. The van der Waals surface area contributed by atoms with Crippen molar-refractivity contribution < 1.29 is 19.4 Å². The van der Waals surface area contributed by atoms with Crippen LogP contribution in [-0.2, 0) is 9.59 Å². The molecule has 1 aliphatic heterocycles. The molecule has 25 heavy (non-hydrogen) atoms. The Morgan fingerprint density at radius 3 is 2.72 bits per heavy atom. The number of carbonyl (C=O) groups is 2. The molecule has 7 heteroatoms. The Kier molecular flexibility index (Phi) is 7.78. The van der Waals surface area contributed by atoms with Crippen molar-refractivity contribution in [3.63, 3.8) is 0 Å². The number of benzene rings is 1. The number of amidine groups is 1. The number of hydrogen-bond acceptors (Lipinski definition) is 5. The SMILES string of the molecule is CCCOc1ccc(N=C2NC(=O)C(CCCCCC(=O)O)S2)cc1. The molecule has 0 aromatic heterocycles. The Labute approximate surface area is 152 Å². The number of hydrogen-bond donors (Lipinski definition) is 2. The lowest BCUT2D eigenvalue weighted by Gasteiger charge is -2.04.